The number of carbonyl (C=O) groups is 2. The van der Waals surface area contributed by atoms with Crippen molar-refractivity contribution in [3.8, 4) is 5.75 Å². The number of hydrogen-bond acceptors (Lipinski definition) is 4. The van der Waals surface area contributed by atoms with E-state index in [-0.39, 0.29) is 18.8 Å². The minimum atomic E-state index is -0.450. The van der Waals surface area contributed by atoms with Crippen LogP contribution in [0.1, 0.15) is 66.9 Å². The average molecular weight is 451 g/mol. The van der Waals surface area contributed by atoms with Gasteiger partial charge in [0.1, 0.15) is 11.4 Å². The van der Waals surface area contributed by atoms with Crippen molar-refractivity contribution in [1.29, 1.82) is 0 Å². The third kappa shape index (κ3) is 7.46. The van der Waals surface area contributed by atoms with E-state index in [0.29, 0.717) is 29.8 Å². The van der Waals surface area contributed by atoms with Crippen LogP contribution in [0, 0.1) is 5.92 Å². The van der Waals surface area contributed by atoms with Crippen molar-refractivity contribution in [3.05, 3.63) is 70.9 Å². The molecule has 2 amide bonds. The van der Waals surface area contributed by atoms with Crippen LogP contribution in [0.5, 0.6) is 5.75 Å². The molecular weight excluding hydrogens is 416 g/mol. The first-order chi connectivity index (χ1) is 16.0. The lowest BCUT2D eigenvalue weighted by Gasteiger charge is -2.12. The van der Waals surface area contributed by atoms with Crippen molar-refractivity contribution in [2.75, 3.05) is 19.8 Å². The molecule has 0 aliphatic heterocycles. The molecule has 0 heterocycles. The standard InChI is InChI=1S/C27H34N2O4/c1-19(2)18-33-24-13-11-23(12-14-24)26(31)29-25(27(32)28-15-16-30)17-20-7-9-22(10-8-20)21-5-3-4-6-21/h7-14,17,19,21,30H,3-6,15-16,18H2,1-2H3,(H,28,32)(H,29,31)/b25-17-. The van der Waals surface area contributed by atoms with Crippen molar-refractivity contribution in [3.63, 3.8) is 0 Å². The Kier molecular flexibility index (Phi) is 9.07. The highest BCUT2D eigenvalue weighted by Crippen LogP contribution is 2.34. The Morgan fingerprint density at radius 3 is 2.33 bits per heavy atom. The van der Waals surface area contributed by atoms with Gasteiger partial charge in [0.15, 0.2) is 0 Å². The zero-order chi connectivity index (χ0) is 23.6. The molecule has 0 atom stereocenters. The molecule has 1 aliphatic carbocycles. The van der Waals surface area contributed by atoms with Crippen LogP contribution in [-0.2, 0) is 4.79 Å². The van der Waals surface area contributed by atoms with E-state index in [1.807, 2.05) is 12.1 Å². The third-order valence-electron chi connectivity index (χ3n) is 5.66. The van der Waals surface area contributed by atoms with Crippen LogP contribution >= 0.6 is 0 Å². The number of amides is 2. The molecule has 0 aromatic heterocycles. The van der Waals surface area contributed by atoms with Gasteiger partial charge in [-0.05, 0) is 66.1 Å². The first-order valence-electron chi connectivity index (χ1n) is 11.7. The van der Waals surface area contributed by atoms with Gasteiger partial charge < -0.3 is 20.5 Å². The Bertz CT molecular complexity index is 943. The van der Waals surface area contributed by atoms with Crippen molar-refractivity contribution in [1.82, 2.24) is 10.6 Å². The minimum Gasteiger partial charge on any atom is -0.493 e. The second-order valence-electron chi connectivity index (χ2n) is 8.87. The second-order valence-corrected chi connectivity index (χ2v) is 8.87. The quantitative estimate of drug-likeness (QED) is 0.472. The van der Waals surface area contributed by atoms with Gasteiger partial charge in [0.25, 0.3) is 11.8 Å². The summed E-state index contributed by atoms with van der Waals surface area (Å²) in [6, 6.07) is 15.0. The predicted octanol–water partition coefficient (Wildman–Crippen LogP) is 4.26. The molecule has 0 unspecified atom stereocenters. The highest BCUT2D eigenvalue weighted by Gasteiger charge is 2.17. The molecule has 3 N–H and O–H groups in total. The van der Waals surface area contributed by atoms with E-state index in [2.05, 4.69) is 36.6 Å². The van der Waals surface area contributed by atoms with E-state index in [4.69, 9.17) is 9.84 Å². The number of carbonyl (C=O) groups excluding carboxylic acids is 2. The number of ether oxygens (including phenoxy) is 1. The summed E-state index contributed by atoms with van der Waals surface area (Å²) in [5, 5.41) is 14.4. The van der Waals surface area contributed by atoms with Gasteiger partial charge in [-0.1, -0.05) is 51.0 Å². The van der Waals surface area contributed by atoms with Gasteiger partial charge in [-0.2, -0.15) is 0 Å². The first-order valence-corrected chi connectivity index (χ1v) is 11.7. The summed E-state index contributed by atoms with van der Waals surface area (Å²) in [7, 11) is 0. The van der Waals surface area contributed by atoms with E-state index in [1.165, 1.54) is 31.2 Å². The van der Waals surface area contributed by atoms with Crippen LogP contribution in [0.25, 0.3) is 6.08 Å². The molecule has 0 radical (unpaired) electrons. The van der Waals surface area contributed by atoms with Gasteiger partial charge in [-0.3, -0.25) is 9.59 Å². The van der Waals surface area contributed by atoms with E-state index >= 15 is 0 Å². The number of aliphatic hydroxyl groups is 1. The lowest BCUT2D eigenvalue weighted by atomic mass is 9.96. The topological polar surface area (TPSA) is 87.7 Å². The number of rotatable bonds is 10. The lowest BCUT2D eigenvalue weighted by molar-refractivity contribution is -0.117. The molecule has 0 bridgehead atoms. The number of benzene rings is 2. The van der Waals surface area contributed by atoms with Gasteiger partial charge in [0, 0.05) is 12.1 Å². The number of nitrogens with one attached hydrogen (secondary N) is 2. The summed E-state index contributed by atoms with van der Waals surface area (Å²) in [6.45, 7) is 4.66. The molecule has 0 saturated heterocycles. The first kappa shape index (κ1) is 24.5. The molecule has 1 fully saturated rings. The van der Waals surface area contributed by atoms with Gasteiger partial charge >= 0.3 is 0 Å². The number of hydrogen-bond donors (Lipinski definition) is 3. The van der Waals surface area contributed by atoms with Gasteiger partial charge in [-0.25, -0.2) is 0 Å². The maximum Gasteiger partial charge on any atom is 0.267 e. The van der Waals surface area contributed by atoms with Crippen molar-refractivity contribution >= 4 is 17.9 Å². The molecule has 2 aromatic rings. The van der Waals surface area contributed by atoms with Crippen molar-refractivity contribution in [2.24, 2.45) is 5.92 Å². The van der Waals surface area contributed by atoms with Crippen LogP contribution in [0.15, 0.2) is 54.2 Å². The summed E-state index contributed by atoms with van der Waals surface area (Å²) in [4.78, 5) is 25.4. The summed E-state index contributed by atoms with van der Waals surface area (Å²) in [5.41, 5.74) is 2.69. The summed E-state index contributed by atoms with van der Waals surface area (Å²) < 4.78 is 5.66. The molecule has 3 rings (SSSR count). The number of aliphatic hydroxyl groups excluding tert-OH is 1. The lowest BCUT2D eigenvalue weighted by Crippen LogP contribution is -2.36. The molecule has 176 valence electrons. The van der Waals surface area contributed by atoms with Crippen molar-refractivity contribution < 1.29 is 19.4 Å². The molecule has 33 heavy (non-hydrogen) atoms. The summed E-state index contributed by atoms with van der Waals surface area (Å²) >= 11 is 0. The van der Waals surface area contributed by atoms with Gasteiger partial charge in [0.05, 0.1) is 13.2 Å². The molecule has 1 aliphatic rings. The Labute approximate surface area is 196 Å². The van der Waals surface area contributed by atoms with Crippen LogP contribution in [0.3, 0.4) is 0 Å². The molecular formula is C27H34N2O4. The highest BCUT2D eigenvalue weighted by atomic mass is 16.5. The SMILES string of the molecule is CC(C)COc1ccc(C(=O)N/C(=C\c2ccc(C3CCCC3)cc2)C(=O)NCCO)cc1. The molecule has 2 aromatic carbocycles. The zero-order valence-electron chi connectivity index (χ0n) is 19.5. The second kappa shape index (κ2) is 12.2. The molecule has 6 nitrogen and oxygen atoms in total. The smallest absolute Gasteiger partial charge is 0.267 e. The maximum absolute atomic E-state index is 12.8. The molecule has 0 spiro atoms. The third-order valence-corrected chi connectivity index (χ3v) is 5.66. The van der Waals surface area contributed by atoms with Crippen LogP contribution in [0.4, 0.5) is 0 Å². The zero-order valence-corrected chi connectivity index (χ0v) is 19.5. The highest BCUT2D eigenvalue weighted by molar-refractivity contribution is 6.05. The Morgan fingerprint density at radius 1 is 1.06 bits per heavy atom. The van der Waals surface area contributed by atoms with E-state index in [9.17, 15) is 9.59 Å². The Hall–Kier alpha value is -3.12. The predicted molar refractivity (Wildman–Crippen MR) is 130 cm³/mol. The van der Waals surface area contributed by atoms with Crippen LogP contribution in [0.2, 0.25) is 0 Å². The monoisotopic (exact) mass is 450 g/mol. The summed E-state index contributed by atoms with van der Waals surface area (Å²) in [5.74, 6) is 0.875. The molecule has 6 heteroatoms. The van der Waals surface area contributed by atoms with Gasteiger partial charge in [-0.15, -0.1) is 0 Å². The Balaban J connectivity index is 1.73. The van der Waals surface area contributed by atoms with E-state index < -0.39 is 11.8 Å². The maximum atomic E-state index is 12.8. The normalized spacial score (nSPS) is 14.4. The Morgan fingerprint density at radius 2 is 1.73 bits per heavy atom. The van der Waals surface area contributed by atoms with E-state index in [1.54, 1.807) is 30.3 Å². The minimum absolute atomic E-state index is 0.106. The summed E-state index contributed by atoms with van der Waals surface area (Å²) in [6.07, 6.45) is 6.66. The fourth-order valence-electron chi connectivity index (χ4n) is 3.87. The fourth-order valence-corrected chi connectivity index (χ4v) is 3.87. The largest absolute Gasteiger partial charge is 0.493 e. The average Bonchev–Trinajstić information content (AvgIpc) is 3.36. The van der Waals surface area contributed by atoms with E-state index in [0.717, 1.165) is 5.56 Å². The van der Waals surface area contributed by atoms with Crippen molar-refractivity contribution in [2.45, 2.75) is 45.4 Å². The van der Waals surface area contributed by atoms with Gasteiger partial charge in [0.2, 0.25) is 0 Å². The van der Waals surface area contributed by atoms with Crippen LogP contribution in [-0.4, -0.2) is 36.7 Å². The molecule has 1 saturated carbocycles. The fraction of sp³-hybridized carbons (Fsp3) is 0.407. The van der Waals surface area contributed by atoms with Crippen LogP contribution < -0.4 is 15.4 Å².